The molecule has 11 nitrogen and oxygen atoms in total. The van der Waals surface area contributed by atoms with Crippen molar-refractivity contribution in [2.24, 2.45) is 50.7 Å². The van der Waals surface area contributed by atoms with E-state index in [0.717, 1.165) is 44.9 Å². The zero-order chi connectivity index (χ0) is 37.6. The Labute approximate surface area is 303 Å². The van der Waals surface area contributed by atoms with E-state index in [9.17, 15) is 35.1 Å². The fourth-order valence-electron chi connectivity index (χ4n) is 13.6. The van der Waals surface area contributed by atoms with Crippen molar-refractivity contribution < 1.29 is 54.1 Å². The van der Waals surface area contributed by atoms with Gasteiger partial charge in [0.1, 0.15) is 43.2 Å². The molecule has 11 heteroatoms. The average Bonchev–Trinajstić information content (AvgIpc) is 3.62. The number of hydrogen-bond acceptors (Lipinski definition) is 11. The van der Waals surface area contributed by atoms with Crippen LogP contribution in [0.4, 0.5) is 0 Å². The van der Waals surface area contributed by atoms with Crippen molar-refractivity contribution in [3.63, 3.8) is 0 Å². The first-order valence-corrected chi connectivity index (χ1v) is 19.3. The van der Waals surface area contributed by atoms with Gasteiger partial charge in [-0.25, -0.2) is 0 Å². The highest BCUT2D eigenvalue weighted by atomic mass is 16.7. The van der Waals surface area contributed by atoms with Crippen LogP contribution in [0, 0.1) is 50.7 Å². The normalized spacial score (nSPS) is 48.5. The van der Waals surface area contributed by atoms with E-state index >= 15 is 0 Å². The first-order valence-electron chi connectivity index (χ1n) is 19.3. The second-order valence-corrected chi connectivity index (χ2v) is 18.7. The van der Waals surface area contributed by atoms with Crippen molar-refractivity contribution in [2.45, 2.75) is 168 Å². The Hall–Kier alpha value is -1.60. The molecule has 0 radical (unpaired) electrons. The Morgan fingerprint density at radius 1 is 0.882 bits per heavy atom. The Balaban J connectivity index is 1.36. The second kappa shape index (κ2) is 13.3. The molecule has 5 N–H and O–H groups in total. The number of hydrogen-bond donors (Lipinski definition) is 5. The summed E-state index contributed by atoms with van der Waals surface area (Å²) in [5.74, 6) is 0.0697. The number of aliphatic hydroxyl groups excluding tert-OH is 5. The summed E-state index contributed by atoms with van der Waals surface area (Å²) in [6.45, 7) is 19.5. The van der Waals surface area contributed by atoms with Gasteiger partial charge in [0.15, 0.2) is 6.29 Å². The van der Waals surface area contributed by atoms with Gasteiger partial charge in [0.2, 0.25) is 0 Å². The summed E-state index contributed by atoms with van der Waals surface area (Å²) < 4.78 is 24.3. The van der Waals surface area contributed by atoms with Gasteiger partial charge in [0, 0.05) is 24.7 Å². The van der Waals surface area contributed by atoms with Crippen molar-refractivity contribution in [1.29, 1.82) is 0 Å². The summed E-state index contributed by atoms with van der Waals surface area (Å²) in [7, 11) is 0. The largest absolute Gasteiger partial charge is 0.463 e. The number of rotatable bonds is 10. The van der Waals surface area contributed by atoms with Gasteiger partial charge in [0.05, 0.1) is 12.2 Å². The minimum atomic E-state index is -1.57. The van der Waals surface area contributed by atoms with Gasteiger partial charge in [-0.1, -0.05) is 41.2 Å². The third kappa shape index (κ3) is 5.86. The van der Waals surface area contributed by atoms with Crippen LogP contribution in [0.5, 0.6) is 0 Å². The highest BCUT2D eigenvalue weighted by Crippen LogP contribution is 2.91. The van der Waals surface area contributed by atoms with Gasteiger partial charge in [0.25, 0.3) is 0 Å². The lowest BCUT2D eigenvalue weighted by atomic mass is 9.37. The highest BCUT2D eigenvalue weighted by molar-refractivity contribution is 5.66. The lowest BCUT2D eigenvalue weighted by Crippen LogP contribution is -2.68. The van der Waals surface area contributed by atoms with Crippen LogP contribution in [0.3, 0.4) is 0 Å². The molecule has 0 spiro atoms. The molecule has 5 saturated carbocycles. The Kier molecular flexibility index (Phi) is 10.2. The molecule has 290 valence electrons. The molecule has 0 aromatic heterocycles. The van der Waals surface area contributed by atoms with E-state index in [1.165, 1.54) is 13.8 Å². The molecule has 0 amide bonds. The molecule has 6 rings (SSSR count). The molecule has 6 aliphatic rings. The van der Waals surface area contributed by atoms with Crippen molar-refractivity contribution in [3.05, 3.63) is 12.2 Å². The van der Waals surface area contributed by atoms with E-state index in [1.807, 2.05) is 0 Å². The smallest absolute Gasteiger partial charge is 0.302 e. The van der Waals surface area contributed by atoms with Crippen LogP contribution >= 0.6 is 0 Å². The molecule has 5 aliphatic carbocycles. The van der Waals surface area contributed by atoms with Gasteiger partial charge in [-0.2, -0.15) is 0 Å². The molecule has 0 aromatic rings. The fraction of sp³-hybridized carbons (Fsp3) is 0.900. The summed E-state index contributed by atoms with van der Waals surface area (Å²) in [6.07, 6.45) is -1.44. The van der Waals surface area contributed by atoms with Crippen molar-refractivity contribution >= 4 is 11.9 Å². The minimum Gasteiger partial charge on any atom is -0.463 e. The molecule has 51 heavy (non-hydrogen) atoms. The first kappa shape index (κ1) is 39.1. The lowest BCUT2D eigenvalue weighted by Gasteiger charge is -2.69. The molecule has 0 bridgehead atoms. The van der Waals surface area contributed by atoms with Gasteiger partial charge in [-0.15, -0.1) is 0 Å². The molecular formula is C40H64O11. The first-order chi connectivity index (χ1) is 23.7. The summed E-state index contributed by atoms with van der Waals surface area (Å²) >= 11 is 0. The van der Waals surface area contributed by atoms with Crippen LogP contribution in [0.25, 0.3) is 0 Å². The van der Waals surface area contributed by atoms with E-state index in [1.54, 1.807) is 6.92 Å². The van der Waals surface area contributed by atoms with Crippen molar-refractivity contribution in [3.8, 4) is 0 Å². The fourth-order valence-corrected chi connectivity index (χ4v) is 13.6. The molecule has 6 fully saturated rings. The molecule has 1 saturated heterocycles. The third-order valence-electron chi connectivity index (χ3n) is 16.0. The minimum absolute atomic E-state index is 0.0514. The quantitative estimate of drug-likeness (QED) is 0.125. The van der Waals surface area contributed by atoms with Gasteiger partial charge < -0.3 is 44.5 Å². The Bertz CT molecular complexity index is 1370. The van der Waals surface area contributed by atoms with Crippen LogP contribution in [-0.2, 0) is 28.5 Å². The lowest BCUT2D eigenvalue weighted by molar-refractivity contribution is -0.344. The highest BCUT2D eigenvalue weighted by Gasteiger charge is 2.85. The molecule has 17 atom stereocenters. The predicted molar refractivity (Wildman–Crippen MR) is 187 cm³/mol. The van der Waals surface area contributed by atoms with Gasteiger partial charge in [-0.05, 0) is 110 Å². The van der Waals surface area contributed by atoms with Crippen LogP contribution in [0.2, 0.25) is 0 Å². The summed E-state index contributed by atoms with van der Waals surface area (Å²) in [6, 6.07) is 0. The van der Waals surface area contributed by atoms with E-state index in [0.29, 0.717) is 24.3 Å². The van der Waals surface area contributed by atoms with E-state index in [2.05, 4.69) is 41.2 Å². The number of fused-ring (bicyclic) bond motifs is 3. The second-order valence-electron chi connectivity index (χ2n) is 18.7. The topological polar surface area (TPSA) is 172 Å². The predicted octanol–water partition coefficient (Wildman–Crippen LogP) is 4.05. The van der Waals surface area contributed by atoms with Crippen LogP contribution < -0.4 is 0 Å². The van der Waals surface area contributed by atoms with Crippen molar-refractivity contribution in [2.75, 3.05) is 6.61 Å². The number of ether oxygens (including phenoxy) is 4. The number of aliphatic hydroxyl groups is 5. The monoisotopic (exact) mass is 720 g/mol. The zero-order valence-electron chi connectivity index (χ0n) is 32.0. The van der Waals surface area contributed by atoms with E-state index < -0.39 is 55.0 Å². The van der Waals surface area contributed by atoms with Crippen molar-refractivity contribution in [1.82, 2.24) is 0 Å². The van der Waals surface area contributed by atoms with Crippen LogP contribution in [0.1, 0.15) is 113 Å². The van der Waals surface area contributed by atoms with Gasteiger partial charge in [-0.3, -0.25) is 9.59 Å². The third-order valence-corrected chi connectivity index (χ3v) is 16.0. The summed E-state index contributed by atoms with van der Waals surface area (Å²) in [5, 5.41) is 54.6. The SMILES string of the molecule is C=C(C)[C@H](O)C(O)CC(C)[C@@H]1CCC23CC12CCC1[C@@]2(C)CCC(OC(C)=O)C(C)(C)C2CC(OC2OC(COC(C)=O)C(O)C(O)C2O)[C@]13C. The standard InChI is InChI=1S/C40H64O11/c1-20(2)31(44)25(43)16-21(3)24-10-15-40-19-39(24,40)14-11-27-37(8)13-12-29(49-23(5)42)36(6,7)28(37)17-30(38(27,40)9)51-35-34(47)33(46)32(45)26(50-35)18-48-22(4)41/h21,24-35,43-47H,1,10-19H2,2-9H3/t21?,24-,25?,26?,27?,28?,29?,30?,31-,32?,33?,34?,35?,37+,38-,39?,40?/m0/s1. The maximum absolute atomic E-state index is 12.3. The Morgan fingerprint density at radius 3 is 2.20 bits per heavy atom. The molecule has 0 aromatic carbocycles. The number of carbonyl (C=O) groups is 2. The maximum atomic E-state index is 12.3. The van der Waals surface area contributed by atoms with E-state index in [-0.39, 0.29) is 63.5 Å². The summed E-state index contributed by atoms with van der Waals surface area (Å²) in [5.41, 5.74) is -0.234. The van der Waals surface area contributed by atoms with Crippen LogP contribution in [0.15, 0.2) is 12.2 Å². The molecule has 13 unspecified atom stereocenters. The average molecular weight is 721 g/mol. The number of esters is 2. The van der Waals surface area contributed by atoms with E-state index in [4.69, 9.17) is 18.9 Å². The molecule has 1 heterocycles. The van der Waals surface area contributed by atoms with Crippen LogP contribution in [-0.4, -0.2) is 99.2 Å². The maximum Gasteiger partial charge on any atom is 0.302 e. The molecule has 1 aliphatic heterocycles. The molecular weight excluding hydrogens is 656 g/mol. The summed E-state index contributed by atoms with van der Waals surface area (Å²) in [4.78, 5) is 23.9. The Morgan fingerprint density at radius 2 is 1.57 bits per heavy atom. The zero-order valence-corrected chi connectivity index (χ0v) is 32.0. The number of carbonyl (C=O) groups excluding carboxylic acids is 2. The van der Waals surface area contributed by atoms with Gasteiger partial charge >= 0.3 is 11.9 Å².